The second kappa shape index (κ2) is 7.06. The fraction of sp³-hybridized carbons (Fsp3) is 0.667. The number of hydrogen-bond donors (Lipinski definition) is 2. The normalized spacial score (nSPS) is 11.6. The molecule has 2 N–H and O–H groups in total. The van der Waals surface area contributed by atoms with Crippen LogP contribution in [0.15, 0.2) is 0 Å². The number of amides is 2. The zero-order chi connectivity index (χ0) is 11.0. The molecule has 0 bridgehead atoms. The Hall–Kier alpha value is -1.39. The topological polar surface area (TPSA) is 75.3 Å². The van der Waals surface area contributed by atoms with Gasteiger partial charge in [-0.15, -0.1) is 0 Å². The van der Waals surface area contributed by atoms with Gasteiger partial charge in [0.25, 0.3) is 0 Å². The van der Waals surface area contributed by atoms with Crippen molar-refractivity contribution in [3.8, 4) is 0 Å². The molecule has 0 rings (SSSR count). The molecule has 0 radical (unpaired) electrons. The molecule has 14 heavy (non-hydrogen) atoms. The summed E-state index contributed by atoms with van der Waals surface area (Å²) in [6.45, 7) is 3.39. The molecule has 0 saturated heterocycles. The van der Waals surface area contributed by atoms with Crippen molar-refractivity contribution in [2.75, 3.05) is 6.54 Å². The summed E-state index contributed by atoms with van der Waals surface area (Å²) in [4.78, 5) is 31.6. The molecule has 0 aliphatic carbocycles. The van der Waals surface area contributed by atoms with Crippen molar-refractivity contribution < 1.29 is 14.4 Å². The zero-order valence-corrected chi connectivity index (χ0v) is 8.50. The van der Waals surface area contributed by atoms with Crippen LogP contribution in [-0.2, 0) is 14.4 Å². The Bertz CT molecular complexity index is 216. The molecule has 0 heterocycles. The molecule has 0 aromatic rings. The van der Waals surface area contributed by atoms with Gasteiger partial charge in [0.1, 0.15) is 0 Å². The summed E-state index contributed by atoms with van der Waals surface area (Å²) in [6, 6.07) is -0.429. The van der Waals surface area contributed by atoms with E-state index in [-0.39, 0.29) is 11.7 Å². The van der Waals surface area contributed by atoms with Gasteiger partial charge in [-0.05, 0) is 19.8 Å². The van der Waals surface area contributed by atoms with E-state index in [9.17, 15) is 14.4 Å². The van der Waals surface area contributed by atoms with Crippen LogP contribution in [0.5, 0.6) is 0 Å². The Kier molecular flexibility index (Phi) is 6.36. The van der Waals surface area contributed by atoms with Gasteiger partial charge in [0, 0.05) is 13.5 Å². The molecule has 0 aliphatic heterocycles. The Morgan fingerprint density at radius 2 is 2.00 bits per heavy atom. The van der Waals surface area contributed by atoms with E-state index < -0.39 is 6.04 Å². The maximum absolute atomic E-state index is 11.0. The summed E-state index contributed by atoms with van der Waals surface area (Å²) in [6.07, 6.45) is 1.74. The minimum Gasteiger partial charge on any atom is -0.356 e. The SMILES string of the molecule is CC(=O)NCCCC(NC=O)C(C)=O. The highest BCUT2D eigenvalue weighted by atomic mass is 16.1. The third-order valence-corrected chi connectivity index (χ3v) is 1.80. The Balaban J connectivity index is 3.66. The Labute approximate surface area is 83.2 Å². The van der Waals surface area contributed by atoms with E-state index in [1.165, 1.54) is 13.8 Å². The third kappa shape index (κ3) is 6.16. The molecule has 0 aromatic carbocycles. The second-order valence-electron chi connectivity index (χ2n) is 3.07. The van der Waals surface area contributed by atoms with Crippen molar-refractivity contribution in [1.82, 2.24) is 10.6 Å². The van der Waals surface area contributed by atoms with Crippen molar-refractivity contribution in [3.05, 3.63) is 0 Å². The molecular formula is C9H16N2O3. The fourth-order valence-electron chi connectivity index (χ4n) is 1.06. The molecular weight excluding hydrogens is 184 g/mol. The van der Waals surface area contributed by atoms with Crippen LogP contribution < -0.4 is 10.6 Å². The number of carbonyl (C=O) groups excluding carboxylic acids is 3. The van der Waals surface area contributed by atoms with Crippen LogP contribution in [0.4, 0.5) is 0 Å². The highest BCUT2D eigenvalue weighted by molar-refractivity contribution is 5.83. The van der Waals surface area contributed by atoms with Crippen LogP contribution in [0.3, 0.4) is 0 Å². The van der Waals surface area contributed by atoms with Crippen LogP contribution in [-0.4, -0.2) is 30.7 Å². The van der Waals surface area contributed by atoms with Crippen LogP contribution in [0.25, 0.3) is 0 Å². The number of hydrogen-bond acceptors (Lipinski definition) is 3. The van der Waals surface area contributed by atoms with E-state index in [0.717, 1.165) is 0 Å². The molecule has 0 fully saturated rings. The summed E-state index contributed by atoms with van der Waals surface area (Å²) in [5.41, 5.74) is 0. The lowest BCUT2D eigenvalue weighted by atomic mass is 10.1. The molecule has 80 valence electrons. The first-order valence-electron chi connectivity index (χ1n) is 4.52. The van der Waals surface area contributed by atoms with Crippen molar-refractivity contribution in [2.24, 2.45) is 0 Å². The predicted octanol–water partition coefficient (Wildman–Crippen LogP) is -0.394. The monoisotopic (exact) mass is 200 g/mol. The number of rotatable bonds is 7. The molecule has 5 nitrogen and oxygen atoms in total. The maximum atomic E-state index is 11.0. The fourth-order valence-corrected chi connectivity index (χ4v) is 1.06. The van der Waals surface area contributed by atoms with Crippen LogP contribution >= 0.6 is 0 Å². The first kappa shape index (κ1) is 12.6. The van der Waals surface area contributed by atoms with Gasteiger partial charge >= 0.3 is 0 Å². The molecule has 2 amide bonds. The minimum absolute atomic E-state index is 0.0695. The lowest BCUT2D eigenvalue weighted by Crippen LogP contribution is -2.35. The highest BCUT2D eigenvalue weighted by Crippen LogP contribution is 1.96. The van der Waals surface area contributed by atoms with Gasteiger partial charge in [-0.2, -0.15) is 0 Å². The van der Waals surface area contributed by atoms with Gasteiger partial charge in [-0.3, -0.25) is 14.4 Å². The first-order valence-corrected chi connectivity index (χ1v) is 4.52. The molecule has 1 atom stereocenters. The Morgan fingerprint density at radius 3 is 2.43 bits per heavy atom. The molecule has 5 heteroatoms. The molecule has 1 unspecified atom stereocenters. The quantitative estimate of drug-likeness (QED) is 0.434. The highest BCUT2D eigenvalue weighted by Gasteiger charge is 2.11. The van der Waals surface area contributed by atoms with E-state index in [1.54, 1.807) is 0 Å². The van der Waals surface area contributed by atoms with Gasteiger partial charge < -0.3 is 10.6 Å². The van der Waals surface area contributed by atoms with Crippen LogP contribution in [0.2, 0.25) is 0 Å². The molecule has 0 aromatic heterocycles. The average molecular weight is 200 g/mol. The number of Topliss-reactive ketones (excluding diaryl/α,β-unsaturated/α-hetero) is 1. The Morgan fingerprint density at radius 1 is 1.36 bits per heavy atom. The lowest BCUT2D eigenvalue weighted by molar-refractivity contribution is -0.122. The van der Waals surface area contributed by atoms with Crippen molar-refractivity contribution in [3.63, 3.8) is 0 Å². The van der Waals surface area contributed by atoms with Gasteiger partial charge in [-0.1, -0.05) is 0 Å². The maximum Gasteiger partial charge on any atom is 0.216 e. The zero-order valence-electron chi connectivity index (χ0n) is 8.50. The van der Waals surface area contributed by atoms with Gasteiger partial charge in [-0.25, -0.2) is 0 Å². The summed E-state index contributed by atoms with van der Waals surface area (Å²) in [7, 11) is 0. The third-order valence-electron chi connectivity index (χ3n) is 1.80. The van der Waals surface area contributed by atoms with E-state index in [2.05, 4.69) is 10.6 Å². The number of ketones is 1. The van der Waals surface area contributed by atoms with E-state index >= 15 is 0 Å². The van der Waals surface area contributed by atoms with E-state index in [0.29, 0.717) is 25.8 Å². The largest absolute Gasteiger partial charge is 0.356 e. The lowest BCUT2D eigenvalue weighted by Gasteiger charge is -2.11. The van der Waals surface area contributed by atoms with Crippen molar-refractivity contribution in [2.45, 2.75) is 32.7 Å². The van der Waals surface area contributed by atoms with Crippen molar-refractivity contribution >= 4 is 18.1 Å². The van der Waals surface area contributed by atoms with Gasteiger partial charge in [0.2, 0.25) is 12.3 Å². The van der Waals surface area contributed by atoms with Crippen LogP contribution in [0.1, 0.15) is 26.7 Å². The molecule has 0 aliphatic rings. The van der Waals surface area contributed by atoms with E-state index in [4.69, 9.17) is 0 Å². The summed E-state index contributed by atoms with van der Waals surface area (Å²) >= 11 is 0. The predicted molar refractivity (Wildman–Crippen MR) is 51.6 cm³/mol. The minimum atomic E-state index is -0.429. The first-order chi connectivity index (χ1) is 6.57. The smallest absolute Gasteiger partial charge is 0.216 e. The molecule has 0 saturated carbocycles. The van der Waals surface area contributed by atoms with E-state index in [1.807, 2.05) is 0 Å². The summed E-state index contributed by atoms with van der Waals surface area (Å²) in [5, 5.41) is 5.04. The second-order valence-corrected chi connectivity index (χ2v) is 3.07. The average Bonchev–Trinajstić information content (AvgIpc) is 2.09. The summed E-state index contributed by atoms with van der Waals surface area (Å²) < 4.78 is 0. The van der Waals surface area contributed by atoms with Crippen molar-refractivity contribution in [1.29, 1.82) is 0 Å². The van der Waals surface area contributed by atoms with Crippen LogP contribution in [0, 0.1) is 0 Å². The molecule has 0 spiro atoms. The van der Waals surface area contributed by atoms with Gasteiger partial charge in [0.05, 0.1) is 6.04 Å². The number of nitrogens with one attached hydrogen (secondary N) is 2. The summed E-state index contributed by atoms with van der Waals surface area (Å²) in [5.74, 6) is -0.160. The standard InChI is InChI=1S/C9H16N2O3/c1-7(13)9(11-6-12)4-3-5-10-8(2)14/h6,9H,3-5H2,1-2H3,(H,10,14)(H,11,12). The van der Waals surface area contributed by atoms with Gasteiger partial charge in [0.15, 0.2) is 5.78 Å². The number of carbonyl (C=O) groups is 3.